The lowest BCUT2D eigenvalue weighted by atomic mass is 10.3. The van der Waals surface area contributed by atoms with E-state index in [4.69, 9.17) is 16.1 Å². The zero-order chi connectivity index (χ0) is 20.1. The van der Waals surface area contributed by atoms with Crippen LogP contribution < -0.4 is 0 Å². The van der Waals surface area contributed by atoms with Crippen molar-refractivity contribution in [3.05, 3.63) is 52.7 Å². The van der Waals surface area contributed by atoms with E-state index >= 15 is 0 Å². The molecule has 0 radical (unpaired) electrons. The number of thiophene rings is 1. The second kappa shape index (κ2) is 9.75. The number of halogens is 1. The minimum absolute atomic E-state index is 0.196. The third-order valence-corrected chi connectivity index (χ3v) is 7.09. The average Bonchev–Trinajstić information content (AvgIpc) is 3.42. The van der Waals surface area contributed by atoms with E-state index in [1.807, 2.05) is 46.7 Å². The fourth-order valence-corrected chi connectivity index (χ4v) is 4.97. The van der Waals surface area contributed by atoms with E-state index in [0.717, 1.165) is 46.7 Å². The summed E-state index contributed by atoms with van der Waals surface area (Å²) in [5.74, 6) is 2.18. The van der Waals surface area contributed by atoms with Gasteiger partial charge < -0.3 is 9.42 Å². The van der Waals surface area contributed by atoms with Crippen molar-refractivity contribution in [2.24, 2.45) is 0 Å². The van der Waals surface area contributed by atoms with Crippen molar-refractivity contribution in [3.8, 4) is 10.7 Å². The fraction of sp³-hybridized carbons (Fsp3) is 0.350. The number of hydrogen-bond donors (Lipinski definition) is 0. The number of amides is 1. The van der Waals surface area contributed by atoms with Gasteiger partial charge in [0.1, 0.15) is 0 Å². The molecule has 152 valence electrons. The Morgan fingerprint density at radius 1 is 1.17 bits per heavy atom. The van der Waals surface area contributed by atoms with Gasteiger partial charge in [0, 0.05) is 43.2 Å². The average molecular weight is 449 g/mol. The van der Waals surface area contributed by atoms with Crippen molar-refractivity contribution in [2.45, 2.75) is 17.9 Å². The predicted octanol–water partition coefficient (Wildman–Crippen LogP) is 4.28. The van der Waals surface area contributed by atoms with Gasteiger partial charge in [-0.15, -0.1) is 23.1 Å². The Balaban J connectivity index is 1.20. The molecule has 0 spiro atoms. The largest absolute Gasteiger partial charge is 0.340 e. The highest BCUT2D eigenvalue weighted by atomic mass is 35.5. The quantitative estimate of drug-likeness (QED) is 0.503. The lowest BCUT2D eigenvalue weighted by Crippen LogP contribution is -2.48. The molecule has 4 rings (SSSR count). The number of carbonyl (C=O) groups excluding carboxylic acids is 1. The van der Waals surface area contributed by atoms with Gasteiger partial charge in [0.25, 0.3) is 0 Å². The maximum absolute atomic E-state index is 12.5. The number of benzene rings is 1. The Morgan fingerprint density at radius 2 is 2.00 bits per heavy atom. The molecule has 0 N–H and O–H groups in total. The van der Waals surface area contributed by atoms with Crippen LogP contribution >= 0.6 is 34.7 Å². The maximum atomic E-state index is 12.5. The van der Waals surface area contributed by atoms with Gasteiger partial charge in [-0.2, -0.15) is 4.98 Å². The van der Waals surface area contributed by atoms with Crippen LogP contribution in [-0.2, 0) is 11.3 Å². The number of carbonyl (C=O) groups is 1. The normalized spacial score (nSPS) is 15.0. The van der Waals surface area contributed by atoms with Crippen molar-refractivity contribution in [2.75, 3.05) is 31.9 Å². The summed E-state index contributed by atoms with van der Waals surface area (Å²) in [6.07, 6.45) is 0.518. The molecule has 0 atom stereocenters. The van der Waals surface area contributed by atoms with Gasteiger partial charge in [-0.3, -0.25) is 9.69 Å². The lowest BCUT2D eigenvalue weighted by Gasteiger charge is -2.34. The van der Waals surface area contributed by atoms with Gasteiger partial charge >= 0.3 is 0 Å². The molecule has 0 unspecified atom stereocenters. The summed E-state index contributed by atoms with van der Waals surface area (Å²) in [5, 5.41) is 6.79. The van der Waals surface area contributed by atoms with E-state index in [0.29, 0.717) is 24.7 Å². The number of rotatable bonds is 7. The fourth-order valence-electron chi connectivity index (χ4n) is 3.14. The summed E-state index contributed by atoms with van der Waals surface area (Å²) < 4.78 is 5.38. The molecule has 0 saturated carbocycles. The molecule has 3 heterocycles. The number of nitrogens with zero attached hydrogens (tertiary/aromatic N) is 4. The highest BCUT2D eigenvalue weighted by Gasteiger charge is 2.22. The molecule has 2 aromatic heterocycles. The standard InChI is InChI=1S/C20H21ClN4O2S2/c21-15-4-1-2-5-16(15)29-13-7-19(26)25-10-8-24(9-11-25)14-18-22-20(23-27-18)17-6-3-12-28-17/h1-6,12H,7-11,13-14H2. The first-order valence-corrected chi connectivity index (χ1v) is 11.7. The van der Waals surface area contributed by atoms with Crippen LogP contribution in [0.15, 0.2) is 51.2 Å². The molecular formula is C20H21ClN4O2S2. The molecule has 6 nitrogen and oxygen atoms in total. The molecule has 9 heteroatoms. The van der Waals surface area contributed by atoms with Crippen molar-refractivity contribution < 1.29 is 9.32 Å². The molecule has 1 aromatic carbocycles. The molecule has 1 aliphatic heterocycles. The van der Waals surface area contributed by atoms with Crippen LogP contribution in [-0.4, -0.2) is 57.8 Å². The van der Waals surface area contributed by atoms with Gasteiger partial charge in [-0.1, -0.05) is 35.0 Å². The van der Waals surface area contributed by atoms with Crippen molar-refractivity contribution >= 4 is 40.6 Å². The SMILES string of the molecule is O=C(CCSc1ccccc1Cl)N1CCN(Cc2nc(-c3cccs3)no2)CC1. The Morgan fingerprint density at radius 3 is 2.76 bits per heavy atom. The summed E-state index contributed by atoms with van der Waals surface area (Å²) in [6, 6.07) is 11.7. The molecule has 1 saturated heterocycles. The van der Waals surface area contributed by atoms with Gasteiger partial charge in [-0.05, 0) is 23.6 Å². The van der Waals surface area contributed by atoms with Gasteiger partial charge in [0.15, 0.2) is 0 Å². The Kier molecular flexibility index (Phi) is 6.86. The van der Waals surface area contributed by atoms with E-state index in [2.05, 4.69) is 15.0 Å². The molecule has 29 heavy (non-hydrogen) atoms. The van der Waals surface area contributed by atoms with Crippen LogP contribution in [0.5, 0.6) is 0 Å². The molecular weight excluding hydrogens is 428 g/mol. The van der Waals surface area contributed by atoms with E-state index in [-0.39, 0.29) is 5.91 Å². The molecule has 1 aliphatic rings. The smallest absolute Gasteiger partial charge is 0.241 e. The van der Waals surface area contributed by atoms with E-state index in [9.17, 15) is 4.79 Å². The number of thioether (sulfide) groups is 1. The zero-order valence-corrected chi connectivity index (χ0v) is 18.2. The summed E-state index contributed by atoms with van der Waals surface area (Å²) in [4.78, 5) is 23.2. The van der Waals surface area contributed by atoms with Crippen LogP contribution in [0, 0.1) is 0 Å². The Hall–Kier alpha value is -1.87. The van der Waals surface area contributed by atoms with Crippen LogP contribution in [0.25, 0.3) is 10.7 Å². The van der Waals surface area contributed by atoms with Gasteiger partial charge in [0.2, 0.25) is 17.6 Å². The topological polar surface area (TPSA) is 62.5 Å². The first-order valence-electron chi connectivity index (χ1n) is 9.43. The van der Waals surface area contributed by atoms with Crippen molar-refractivity contribution in [3.63, 3.8) is 0 Å². The lowest BCUT2D eigenvalue weighted by molar-refractivity contribution is -0.132. The molecule has 0 bridgehead atoms. The van der Waals surface area contributed by atoms with E-state index < -0.39 is 0 Å². The van der Waals surface area contributed by atoms with Crippen LogP contribution in [0.4, 0.5) is 0 Å². The van der Waals surface area contributed by atoms with Crippen LogP contribution in [0.1, 0.15) is 12.3 Å². The highest BCUT2D eigenvalue weighted by molar-refractivity contribution is 7.99. The summed E-state index contributed by atoms with van der Waals surface area (Å²) in [5.41, 5.74) is 0. The Labute approximate surface area is 182 Å². The minimum Gasteiger partial charge on any atom is -0.340 e. The number of aromatic nitrogens is 2. The molecule has 1 amide bonds. The Bertz CT molecular complexity index is 940. The first-order chi connectivity index (χ1) is 14.2. The third kappa shape index (κ3) is 5.39. The summed E-state index contributed by atoms with van der Waals surface area (Å²) in [6.45, 7) is 3.67. The molecule has 1 fully saturated rings. The molecule has 0 aliphatic carbocycles. The second-order valence-corrected chi connectivity index (χ2v) is 9.17. The summed E-state index contributed by atoms with van der Waals surface area (Å²) in [7, 11) is 0. The number of hydrogen-bond acceptors (Lipinski definition) is 7. The van der Waals surface area contributed by atoms with Gasteiger partial charge in [-0.25, -0.2) is 0 Å². The minimum atomic E-state index is 0.196. The second-order valence-electron chi connectivity index (χ2n) is 6.67. The first kappa shape index (κ1) is 20.4. The van der Waals surface area contributed by atoms with Crippen molar-refractivity contribution in [1.82, 2.24) is 19.9 Å². The van der Waals surface area contributed by atoms with E-state index in [1.54, 1.807) is 23.1 Å². The highest BCUT2D eigenvalue weighted by Crippen LogP contribution is 2.27. The van der Waals surface area contributed by atoms with E-state index in [1.165, 1.54) is 0 Å². The monoisotopic (exact) mass is 448 g/mol. The zero-order valence-electron chi connectivity index (χ0n) is 15.8. The third-order valence-electron chi connectivity index (χ3n) is 4.70. The van der Waals surface area contributed by atoms with Crippen LogP contribution in [0.3, 0.4) is 0 Å². The van der Waals surface area contributed by atoms with Crippen LogP contribution in [0.2, 0.25) is 5.02 Å². The maximum Gasteiger partial charge on any atom is 0.241 e. The molecule has 3 aromatic rings. The number of piperazine rings is 1. The van der Waals surface area contributed by atoms with Crippen molar-refractivity contribution in [1.29, 1.82) is 0 Å². The summed E-state index contributed by atoms with van der Waals surface area (Å²) >= 11 is 9.38. The van der Waals surface area contributed by atoms with Gasteiger partial charge in [0.05, 0.1) is 16.4 Å². The predicted molar refractivity (Wildman–Crippen MR) is 116 cm³/mol.